The third-order valence-corrected chi connectivity index (χ3v) is 4.27. The van der Waals surface area contributed by atoms with Gasteiger partial charge < -0.3 is 5.11 Å². The zero-order valence-corrected chi connectivity index (χ0v) is 11.8. The predicted molar refractivity (Wildman–Crippen MR) is 69.2 cm³/mol. The summed E-state index contributed by atoms with van der Waals surface area (Å²) < 4.78 is 39.6. The minimum Gasteiger partial charge on any atom is -0.396 e. The summed E-state index contributed by atoms with van der Waals surface area (Å²) in [6.45, 7) is 2.89. The smallest absolute Gasteiger partial charge is 0.306 e. The molecular formula is C11H15FN2O5S. The Hall–Kier alpha value is -1.58. The fourth-order valence-corrected chi connectivity index (χ4v) is 3.01. The number of nitro groups is 1. The maximum Gasteiger partial charge on any atom is 0.306 e. The molecule has 1 aromatic carbocycles. The number of halogens is 1. The van der Waals surface area contributed by atoms with Crippen LogP contribution >= 0.6 is 0 Å². The molecule has 1 rings (SSSR count). The number of sulfonamides is 1. The topological polar surface area (TPSA) is 110 Å². The summed E-state index contributed by atoms with van der Waals surface area (Å²) >= 11 is 0. The first-order valence-corrected chi connectivity index (χ1v) is 7.16. The van der Waals surface area contributed by atoms with Crippen LogP contribution in [-0.2, 0) is 10.0 Å². The van der Waals surface area contributed by atoms with Gasteiger partial charge in [0.15, 0.2) is 0 Å². The van der Waals surface area contributed by atoms with E-state index < -0.39 is 36.9 Å². The van der Waals surface area contributed by atoms with Gasteiger partial charge in [0.05, 0.1) is 9.82 Å². The number of nitro benzene ring substituents is 1. The van der Waals surface area contributed by atoms with Crippen LogP contribution in [0.2, 0.25) is 0 Å². The summed E-state index contributed by atoms with van der Waals surface area (Å²) in [6, 6.07) is 2.33. The predicted octanol–water partition coefficient (Wildman–Crippen LogP) is 1.17. The Morgan fingerprint density at radius 2 is 2.05 bits per heavy atom. The number of nitrogens with one attached hydrogen (secondary N) is 1. The van der Waals surface area contributed by atoms with Crippen molar-refractivity contribution >= 4 is 15.7 Å². The van der Waals surface area contributed by atoms with Crippen molar-refractivity contribution in [2.75, 3.05) is 6.61 Å². The van der Waals surface area contributed by atoms with Crippen LogP contribution in [0.15, 0.2) is 23.1 Å². The molecule has 9 heteroatoms. The van der Waals surface area contributed by atoms with Gasteiger partial charge in [0.2, 0.25) is 15.8 Å². The Morgan fingerprint density at radius 3 is 2.55 bits per heavy atom. The molecule has 0 radical (unpaired) electrons. The van der Waals surface area contributed by atoms with Gasteiger partial charge in [-0.15, -0.1) is 0 Å². The summed E-state index contributed by atoms with van der Waals surface area (Å²) in [5.74, 6) is -1.11. The summed E-state index contributed by atoms with van der Waals surface area (Å²) in [5.41, 5.74) is -1.84. The summed E-state index contributed by atoms with van der Waals surface area (Å²) in [4.78, 5) is 9.21. The van der Waals surface area contributed by atoms with E-state index in [1.165, 1.54) is 0 Å². The SMILES string of the molecule is CC(C)(CCO)NS(=O)(=O)c1ccc(F)c([N+](=O)[O-])c1. The second-order valence-electron chi connectivity index (χ2n) is 4.83. The van der Waals surface area contributed by atoms with Gasteiger partial charge in [0.25, 0.3) is 0 Å². The molecule has 7 nitrogen and oxygen atoms in total. The lowest BCUT2D eigenvalue weighted by atomic mass is 10.0. The minimum atomic E-state index is -4.05. The lowest BCUT2D eigenvalue weighted by molar-refractivity contribution is -0.387. The Bertz CT molecular complexity index is 615. The van der Waals surface area contributed by atoms with E-state index in [0.29, 0.717) is 6.07 Å². The quantitative estimate of drug-likeness (QED) is 0.605. The molecule has 0 bridgehead atoms. The zero-order chi connectivity index (χ0) is 15.6. The van der Waals surface area contributed by atoms with Gasteiger partial charge in [0, 0.05) is 18.2 Å². The molecular weight excluding hydrogens is 291 g/mol. The molecule has 0 unspecified atom stereocenters. The molecule has 0 aliphatic carbocycles. The fourth-order valence-electron chi connectivity index (χ4n) is 1.55. The number of benzene rings is 1. The maximum atomic E-state index is 13.2. The van der Waals surface area contributed by atoms with Crippen LogP contribution in [0.4, 0.5) is 10.1 Å². The van der Waals surface area contributed by atoms with Crippen LogP contribution in [0.1, 0.15) is 20.3 Å². The van der Waals surface area contributed by atoms with E-state index in [2.05, 4.69) is 4.72 Å². The van der Waals surface area contributed by atoms with Crippen LogP contribution < -0.4 is 4.72 Å². The second kappa shape index (κ2) is 5.81. The molecule has 0 heterocycles. The average Bonchev–Trinajstić information content (AvgIpc) is 2.26. The molecule has 0 fully saturated rings. The zero-order valence-electron chi connectivity index (χ0n) is 11.0. The summed E-state index contributed by atoms with van der Waals surface area (Å²) in [5, 5.41) is 19.5. The van der Waals surface area contributed by atoms with Crippen LogP contribution in [0.25, 0.3) is 0 Å². The van der Waals surface area contributed by atoms with E-state index in [1.54, 1.807) is 13.8 Å². The molecule has 0 saturated carbocycles. The van der Waals surface area contributed by atoms with Gasteiger partial charge in [-0.1, -0.05) is 0 Å². The molecule has 0 aliphatic rings. The average molecular weight is 306 g/mol. The first-order valence-electron chi connectivity index (χ1n) is 5.68. The first-order chi connectivity index (χ1) is 9.09. The molecule has 0 saturated heterocycles. The van der Waals surface area contributed by atoms with Crippen molar-refractivity contribution in [3.05, 3.63) is 34.1 Å². The number of rotatable bonds is 6. The lowest BCUT2D eigenvalue weighted by Crippen LogP contribution is -2.43. The van der Waals surface area contributed by atoms with Crippen LogP contribution in [0.3, 0.4) is 0 Å². The Balaban J connectivity index is 3.17. The molecule has 0 atom stereocenters. The lowest BCUT2D eigenvalue weighted by Gasteiger charge is -2.24. The van der Waals surface area contributed by atoms with Gasteiger partial charge in [-0.25, -0.2) is 13.1 Å². The van der Waals surface area contributed by atoms with E-state index in [9.17, 15) is 22.9 Å². The molecule has 20 heavy (non-hydrogen) atoms. The van der Waals surface area contributed by atoms with E-state index in [4.69, 9.17) is 5.11 Å². The molecule has 0 amide bonds. The standard InChI is InChI=1S/C11H15FN2O5S/c1-11(2,5-6-15)13-20(18,19)8-3-4-9(12)10(7-8)14(16)17/h3-4,7,13,15H,5-6H2,1-2H3. The molecule has 112 valence electrons. The third kappa shape index (κ3) is 3.95. The normalized spacial score (nSPS) is 12.4. The number of aliphatic hydroxyl groups excluding tert-OH is 1. The van der Waals surface area contributed by atoms with Gasteiger partial charge in [-0.05, 0) is 32.4 Å². The summed E-state index contributed by atoms with van der Waals surface area (Å²) in [6.07, 6.45) is 0.162. The van der Waals surface area contributed by atoms with Crippen molar-refractivity contribution in [3.63, 3.8) is 0 Å². The monoisotopic (exact) mass is 306 g/mol. The highest BCUT2D eigenvalue weighted by Crippen LogP contribution is 2.23. The van der Waals surface area contributed by atoms with Crippen molar-refractivity contribution in [1.82, 2.24) is 4.72 Å². The second-order valence-corrected chi connectivity index (χ2v) is 6.52. The fraction of sp³-hybridized carbons (Fsp3) is 0.455. The van der Waals surface area contributed by atoms with Crippen LogP contribution in [0, 0.1) is 15.9 Å². The van der Waals surface area contributed by atoms with E-state index in [-0.39, 0.29) is 13.0 Å². The largest absolute Gasteiger partial charge is 0.396 e. The van der Waals surface area contributed by atoms with Crippen LogP contribution in [0.5, 0.6) is 0 Å². The number of hydrogen-bond acceptors (Lipinski definition) is 5. The Kier molecular flexibility index (Phi) is 4.79. The number of hydrogen-bond donors (Lipinski definition) is 2. The number of aliphatic hydroxyl groups is 1. The molecule has 0 spiro atoms. The van der Waals surface area contributed by atoms with Gasteiger partial charge in [-0.2, -0.15) is 4.39 Å². The van der Waals surface area contributed by atoms with E-state index >= 15 is 0 Å². The highest BCUT2D eigenvalue weighted by Gasteiger charge is 2.27. The van der Waals surface area contributed by atoms with E-state index in [1.807, 2.05) is 0 Å². The maximum absolute atomic E-state index is 13.2. The van der Waals surface area contributed by atoms with Crippen molar-refractivity contribution in [1.29, 1.82) is 0 Å². The Labute approximate surface area is 115 Å². The van der Waals surface area contributed by atoms with E-state index in [0.717, 1.165) is 12.1 Å². The summed E-state index contributed by atoms with van der Waals surface area (Å²) in [7, 11) is -4.05. The third-order valence-electron chi connectivity index (χ3n) is 2.57. The highest BCUT2D eigenvalue weighted by atomic mass is 32.2. The van der Waals surface area contributed by atoms with Crippen LogP contribution in [-0.4, -0.2) is 30.6 Å². The Morgan fingerprint density at radius 1 is 1.45 bits per heavy atom. The van der Waals surface area contributed by atoms with Gasteiger partial charge in [-0.3, -0.25) is 10.1 Å². The highest BCUT2D eigenvalue weighted by molar-refractivity contribution is 7.89. The number of nitrogens with zero attached hydrogens (tertiary/aromatic N) is 1. The van der Waals surface area contributed by atoms with Crippen molar-refractivity contribution in [3.8, 4) is 0 Å². The van der Waals surface area contributed by atoms with Gasteiger partial charge >= 0.3 is 5.69 Å². The van der Waals surface area contributed by atoms with Crippen molar-refractivity contribution in [2.24, 2.45) is 0 Å². The minimum absolute atomic E-state index is 0.162. The first kappa shape index (κ1) is 16.5. The van der Waals surface area contributed by atoms with Gasteiger partial charge in [0.1, 0.15) is 0 Å². The molecule has 2 N–H and O–H groups in total. The van der Waals surface area contributed by atoms with Crippen molar-refractivity contribution in [2.45, 2.75) is 30.7 Å². The molecule has 1 aromatic rings. The molecule has 0 aliphatic heterocycles. The van der Waals surface area contributed by atoms with Crippen molar-refractivity contribution < 1.29 is 22.8 Å². The molecule has 0 aromatic heterocycles.